The fourth-order valence-electron chi connectivity index (χ4n) is 3.66. The molecule has 0 bridgehead atoms. The highest BCUT2D eigenvalue weighted by atomic mass is 32.2. The molecule has 4 rings (SSSR count). The molecule has 0 aliphatic carbocycles. The van der Waals surface area contributed by atoms with Crippen molar-refractivity contribution in [2.75, 3.05) is 24.8 Å². The Kier molecular flexibility index (Phi) is 4.85. The molecule has 1 aliphatic heterocycles. The average Bonchev–Trinajstić information content (AvgIpc) is 3.10. The summed E-state index contributed by atoms with van der Waals surface area (Å²) in [6.45, 7) is 2.30. The molecule has 10 nitrogen and oxygen atoms in total. The minimum Gasteiger partial charge on any atom is -0.464 e. The molecule has 0 saturated heterocycles. The van der Waals surface area contributed by atoms with Crippen molar-refractivity contribution in [3.05, 3.63) is 45.6 Å². The number of ether oxygens (including phenoxy) is 1. The van der Waals surface area contributed by atoms with Gasteiger partial charge in [-0.15, -0.1) is 0 Å². The van der Waals surface area contributed by atoms with Crippen molar-refractivity contribution in [3.8, 4) is 0 Å². The first-order valence-corrected chi connectivity index (χ1v) is 11.1. The topological polar surface area (TPSA) is 125 Å². The van der Waals surface area contributed by atoms with Crippen LogP contribution >= 0.6 is 0 Å². The number of rotatable bonds is 4. The third-order valence-electron chi connectivity index (χ3n) is 5.13. The zero-order valence-electron chi connectivity index (χ0n) is 16.7. The summed E-state index contributed by atoms with van der Waals surface area (Å²) in [5.74, 6) is -0.393. The second kappa shape index (κ2) is 7.24. The Hall–Kier alpha value is -3.21. The van der Waals surface area contributed by atoms with Gasteiger partial charge in [-0.05, 0) is 43.5 Å². The van der Waals surface area contributed by atoms with Crippen LogP contribution in [0.4, 0.5) is 5.69 Å². The van der Waals surface area contributed by atoms with E-state index in [1.165, 1.54) is 13.4 Å². The lowest BCUT2D eigenvalue weighted by Gasteiger charge is -2.31. The van der Waals surface area contributed by atoms with E-state index in [-0.39, 0.29) is 28.2 Å². The van der Waals surface area contributed by atoms with Crippen LogP contribution in [0.5, 0.6) is 0 Å². The summed E-state index contributed by atoms with van der Waals surface area (Å²) < 4.78 is 34.8. The molecule has 3 aromatic rings. The Morgan fingerprint density at radius 2 is 2.10 bits per heavy atom. The maximum atomic E-state index is 12.9. The minimum atomic E-state index is -3.32. The van der Waals surface area contributed by atoms with Crippen molar-refractivity contribution in [3.63, 3.8) is 0 Å². The van der Waals surface area contributed by atoms with Crippen molar-refractivity contribution in [1.29, 1.82) is 0 Å². The predicted octanol–water partition coefficient (Wildman–Crippen LogP) is 1.29. The van der Waals surface area contributed by atoms with Crippen molar-refractivity contribution in [2.45, 2.75) is 31.3 Å². The summed E-state index contributed by atoms with van der Waals surface area (Å²) in [6, 6.07) is 4.94. The standard InChI is InChI=1S/C19H20N4O6S/c1-11-15-16(21-29-11)18(24)23(20-17(15)19(25)28-2)10-22-8-4-5-12-9-13(30(3,26)27)6-7-14(12)22/h6-7,9H,4-5,8,10H2,1-3H3. The van der Waals surface area contributed by atoms with Gasteiger partial charge < -0.3 is 14.2 Å². The summed E-state index contributed by atoms with van der Waals surface area (Å²) in [5, 5.41) is 8.25. The van der Waals surface area contributed by atoms with Gasteiger partial charge in [-0.3, -0.25) is 4.79 Å². The van der Waals surface area contributed by atoms with Gasteiger partial charge in [0, 0.05) is 18.5 Å². The number of sulfone groups is 1. The van der Waals surface area contributed by atoms with Gasteiger partial charge in [0.15, 0.2) is 21.0 Å². The average molecular weight is 432 g/mol. The van der Waals surface area contributed by atoms with E-state index < -0.39 is 21.4 Å². The number of carbonyl (C=O) groups excluding carboxylic acids is 1. The summed E-state index contributed by atoms with van der Waals surface area (Å²) in [5.41, 5.74) is 1.17. The van der Waals surface area contributed by atoms with E-state index in [0.717, 1.165) is 28.8 Å². The van der Waals surface area contributed by atoms with Gasteiger partial charge in [0.25, 0.3) is 5.56 Å². The number of methoxy groups -OCH3 is 1. The highest BCUT2D eigenvalue weighted by molar-refractivity contribution is 7.90. The number of aromatic nitrogens is 3. The van der Waals surface area contributed by atoms with Crippen molar-refractivity contribution >= 4 is 32.4 Å². The Labute approximate surface area is 171 Å². The first-order valence-electron chi connectivity index (χ1n) is 9.24. The Bertz CT molecular complexity index is 1320. The molecule has 0 fully saturated rings. The lowest BCUT2D eigenvalue weighted by atomic mass is 10.0. The second-order valence-corrected chi connectivity index (χ2v) is 9.19. The number of hydrogen-bond donors (Lipinski definition) is 0. The fraction of sp³-hybridized carbons (Fsp3) is 0.368. The summed E-state index contributed by atoms with van der Waals surface area (Å²) in [6.07, 6.45) is 2.68. The molecule has 0 atom stereocenters. The van der Waals surface area contributed by atoms with Crippen LogP contribution in [0.1, 0.15) is 28.2 Å². The molecule has 1 aliphatic rings. The van der Waals surface area contributed by atoms with E-state index in [1.807, 2.05) is 4.90 Å². The van der Waals surface area contributed by atoms with Crippen LogP contribution in [0.2, 0.25) is 0 Å². The van der Waals surface area contributed by atoms with Crippen molar-refractivity contribution in [2.24, 2.45) is 0 Å². The largest absolute Gasteiger partial charge is 0.464 e. The molecule has 11 heteroatoms. The first-order chi connectivity index (χ1) is 14.2. The van der Waals surface area contributed by atoms with E-state index in [1.54, 1.807) is 25.1 Å². The minimum absolute atomic E-state index is 0.00700. The highest BCUT2D eigenvalue weighted by Crippen LogP contribution is 2.30. The Morgan fingerprint density at radius 3 is 2.80 bits per heavy atom. The molecule has 158 valence electrons. The van der Waals surface area contributed by atoms with Gasteiger partial charge in [0.1, 0.15) is 12.4 Å². The molecule has 1 aromatic carbocycles. The molecule has 0 amide bonds. The number of fused-ring (bicyclic) bond motifs is 2. The molecule has 0 spiro atoms. The Morgan fingerprint density at radius 1 is 1.33 bits per heavy atom. The van der Waals surface area contributed by atoms with E-state index in [9.17, 15) is 18.0 Å². The van der Waals surface area contributed by atoms with Gasteiger partial charge in [0.2, 0.25) is 0 Å². The van der Waals surface area contributed by atoms with Crippen LogP contribution in [0.3, 0.4) is 0 Å². The van der Waals surface area contributed by atoms with E-state index in [0.29, 0.717) is 12.3 Å². The maximum Gasteiger partial charge on any atom is 0.359 e. The first kappa shape index (κ1) is 20.1. The normalized spacial score (nSPS) is 14.0. The zero-order valence-corrected chi connectivity index (χ0v) is 17.5. The lowest BCUT2D eigenvalue weighted by molar-refractivity contribution is 0.0593. The third kappa shape index (κ3) is 3.34. The number of anilines is 1. The summed E-state index contributed by atoms with van der Waals surface area (Å²) >= 11 is 0. The van der Waals surface area contributed by atoms with Crippen molar-refractivity contribution < 1.29 is 22.5 Å². The summed E-state index contributed by atoms with van der Waals surface area (Å²) in [4.78, 5) is 27.3. The lowest BCUT2D eigenvalue weighted by Crippen LogP contribution is -2.37. The van der Waals surface area contributed by atoms with Crippen LogP contribution in [-0.4, -0.2) is 49.2 Å². The summed E-state index contributed by atoms with van der Waals surface area (Å²) in [7, 11) is -2.09. The van der Waals surface area contributed by atoms with Gasteiger partial charge in [0.05, 0.1) is 17.4 Å². The second-order valence-electron chi connectivity index (χ2n) is 7.18. The molecular formula is C19H20N4O6S. The maximum absolute atomic E-state index is 12.9. The van der Waals surface area contributed by atoms with Crippen LogP contribution in [0.25, 0.3) is 10.9 Å². The monoisotopic (exact) mass is 432 g/mol. The number of carbonyl (C=O) groups is 1. The van der Waals surface area contributed by atoms with Crippen LogP contribution in [0.15, 0.2) is 32.4 Å². The third-order valence-corrected chi connectivity index (χ3v) is 6.24. The van der Waals surface area contributed by atoms with Gasteiger partial charge in [-0.2, -0.15) is 5.10 Å². The van der Waals surface area contributed by atoms with Gasteiger partial charge in [-0.1, -0.05) is 5.16 Å². The van der Waals surface area contributed by atoms with Gasteiger partial charge >= 0.3 is 5.97 Å². The number of benzene rings is 1. The molecule has 0 unspecified atom stereocenters. The molecule has 0 saturated carbocycles. The molecule has 30 heavy (non-hydrogen) atoms. The number of hydrogen-bond acceptors (Lipinski definition) is 9. The van der Waals surface area contributed by atoms with Crippen molar-refractivity contribution in [1.82, 2.24) is 14.9 Å². The van der Waals surface area contributed by atoms with Crippen LogP contribution in [-0.2, 0) is 27.7 Å². The highest BCUT2D eigenvalue weighted by Gasteiger charge is 2.25. The fourth-order valence-corrected chi connectivity index (χ4v) is 4.33. The zero-order chi connectivity index (χ0) is 21.6. The SMILES string of the molecule is COC(=O)c1nn(CN2CCCc3cc(S(C)(=O)=O)ccc32)c(=O)c2noc(C)c12. The molecular weight excluding hydrogens is 412 g/mol. The van der Waals surface area contributed by atoms with Crippen LogP contribution in [0, 0.1) is 6.92 Å². The number of nitrogens with zero attached hydrogens (tertiary/aromatic N) is 4. The van der Waals surface area contributed by atoms with Gasteiger partial charge in [-0.25, -0.2) is 17.9 Å². The van der Waals surface area contributed by atoms with E-state index in [2.05, 4.69) is 10.3 Å². The molecule has 2 aromatic heterocycles. The quantitative estimate of drug-likeness (QED) is 0.561. The number of esters is 1. The van der Waals surface area contributed by atoms with Crippen LogP contribution < -0.4 is 10.5 Å². The Balaban J connectivity index is 1.79. The van der Waals surface area contributed by atoms with E-state index in [4.69, 9.17) is 9.26 Å². The molecule has 0 radical (unpaired) electrons. The number of aryl methyl sites for hydroxylation is 2. The smallest absolute Gasteiger partial charge is 0.359 e. The molecule has 3 heterocycles. The predicted molar refractivity (Wildman–Crippen MR) is 107 cm³/mol. The van der Waals surface area contributed by atoms with E-state index >= 15 is 0 Å². The molecule has 0 N–H and O–H groups in total.